The van der Waals surface area contributed by atoms with E-state index in [2.05, 4.69) is 14.8 Å². The van der Waals surface area contributed by atoms with Crippen molar-refractivity contribution in [2.45, 2.75) is 12.7 Å². The van der Waals surface area contributed by atoms with Gasteiger partial charge in [0.15, 0.2) is 5.69 Å². The summed E-state index contributed by atoms with van der Waals surface area (Å²) in [4.78, 5) is 7.98. The summed E-state index contributed by atoms with van der Waals surface area (Å²) >= 11 is 1.08. The van der Waals surface area contributed by atoms with Crippen LogP contribution in [0.3, 0.4) is 0 Å². The van der Waals surface area contributed by atoms with Crippen molar-refractivity contribution in [2.24, 2.45) is 0 Å². The molecule has 0 bridgehead atoms. The van der Waals surface area contributed by atoms with Crippen LogP contribution >= 0.6 is 11.3 Å². The van der Waals surface area contributed by atoms with Gasteiger partial charge < -0.3 is 4.90 Å². The summed E-state index contributed by atoms with van der Waals surface area (Å²) in [6.45, 7) is 4.21. The van der Waals surface area contributed by atoms with Gasteiger partial charge in [-0.1, -0.05) is 0 Å². The minimum Gasteiger partial charge on any atom is -0.304 e. The summed E-state index contributed by atoms with van der Waals surface area (Å²) in [5, 5.41) is 1.63. The van der Waals surface area contributed by atoms with Crippen LogP contribution in [0.2, 0.25) is 0 Å². The summed E-state index contributed by atoms with van der Waals surface area (Å²) in [5.74, 6) is 0. The minimum atomic E-state index is -4.32. The van der Waals surface area contributed by atoms with Gasteiger partial charge in [-0.2, -0.15) is 13.2 Å². The molecule has 17 heavy (non-hydrogen) atoms. The maximum Gasteiger partial charge on any atom is 0.434 e. The van der Waals surface area contributed by atoms with Crippen molar-refractivity contribution in [3.63, 3.8) is 0 Å². The van der Waals surface area contributed by atoms with Crippen molar-refractivity contribution in [2.75, 3.05) is 33.2 Å². The van der Waals surface area contributed by atoms with E-state index in [1.807, 2.05) is 7.05 Å². The zero-order valence-corrected chi connectivity index (χ0v) is 10.3. The number of likely N-dealkylation sites (N-methyl/N-ethyl adjacent to an activating group) is 1. The summed E-state index contributed by atoms with van der Waals surface area (Å²) < 4.78 is 37.1. The van der Waals surface area contributed by atoms with E-state index in [-0.39, 0.29) is 0 Å². The normalized spacial score (nSPS) is 19.8. The third kappa shape index (κ3) is 3.40. The number of rotatable bonds is 2. The van der Waals surface area contributed by atoms with E-state index in [0.29, 0.717) is 11.6 Å². The lowest BCUT2D eigenvalue weighted by Gasteiger charge is -2.31. The fourth-order valence-electron chi connectivity index (χ4n) is 1.71. The molecule has 1 aromatic rings. The van der Waals surface area contributed by atoms with Crippen molar-refractivity contribution < 1.29 is 13.2 Å². The first-order chi connectivity index (χ1) is 7.95. The van der Waals surface area contributed by atoms with Gasteiger partial charge in [-0.3, -0.25) is 4.90 Å². The van der Waals surface area contributed by atoms with Gasteiger partial charge in [0.05, 0.1) is 6.54 Å². The van der Waals surface area contributed by atoms with Crippen molar-refractivity contribution in [1.29, 1.82) is 0 Å². The van der Waals surface area contributed by atoms with Crippen LogP contribution in [-0.4, -0.2) is 48.0 Å². The Morgan fingerprint density at radius 3 is 2.47 bits per heavy atom. The number of hydrogen-bond donors (Lipinski definition) is 0. The van der Waals surface area contributed by atoms with Crippen LogP contribution in [0.5, 0.6) is 0 Å². The van der Waals surface area contributed by atoms with E-state index in [1.165, 1.54) is 0 Å². The van der Waals surface area contributed by atoms with Gasteiger partial charge in [0.2, 0.25) is 0 Å². The lowest BCUT2D eigenvalue weighted by Crippen LogP contribution is -2.43. The fraction of sp³-hybridized carbons (Fsp3) is 0.700. The largest absolute Gasteiger partial charge is 0.434 e. The Hall–Kier alpha value is -0.660. The lowest BCUT2D eigenvalue weighted by atomic mass is 10.3. The molecule has 96 valence electrons. The van der Waals surface area contributed by atoms with E-state index in [9.17, 15) is 13.2 Å². The van der Waals surface area contributed by atoms with Crippen LogP contribution < -0.4 is 0 Å². The van der Waals surface area contributed by atoms with Crippen LogP contribution in [0.15, 0.2) is 5.38 Å². The van der Waals surface area contributed by atoms with E-state index >= 15 is 0 Å². The second kappa shape index (κ2) is 4.91. The Kier molecular flexibility index (Phi) is 3.70. The number of hydrogen-bond acceptors (Lipinski definition) is 4. The van der Waals surface area contributed by atoms with Crippen molar-refractivity contribution in [3.8, 4) is 0 Å². The minimum absolute atomic E-state index is 0.522. The molecule has 1 fully saturated rings. The van der Waals surface area contributed by atoms with Crippen molar-refractivity contribution >= 4 is 11.3 Å². The van der Waals surface area contributed by atoms with E-state index in [0.717, 1.165) is 42.9 Å². The summed E-state index contributed by atoms with van der Waals surface area (Å²) in [5.41, 5.74) is -0.772. The highest BCUT2D eigenvalue weighted by Gasteiger charge is 2.33. The Morgan fingerprint density at radius 1 is 1.29 bits per heavy atom. The van der Waals surface area contributed by atoms with Crippen LogP contribution in [0, 0.1) is 0 Å². The molecule has 0 atom stereocenters. The smallest absolute Gasteiger partial charge is 0.304 e. The molecule has 2 heterocycles. The molecule has 1 aliphatic rings. The van der Waals surface area contributed by atoms with Gasteiger partial charge in [0.1, 0.15) is 5.01 Å². The molecule has 0 N–H and O–H groups in total. The van der Waals surface area contributed by atoms with E-state index < -0.39 is 11.9 Å². The average molecular weight is 265 g/mol. The number of halogens is 3. The second-order valence-electron chi connectivity index (χ2n) is 4.20. The third-order valence-corrected chi connectivity index (χ3v) is 3.63. The molecular weight excluding hydrogens is 251 g/mol. The molecule has 2 rings (SSSR count). The fourth-order valence-corrected chi connectivity index (χ4v) is 2.55. The van der Waals surface area contributed by atoms with Crippen molar-refractivity contribution in [3.05, 3.63) is 16.1 Å². The third-order valence-electron chi connectivity index (χ3n) is 2.80. The predicted molar refractivity (Wildman–Crippen MR) is 59.9 cm³/mol. The highest BCUT2D eigenvalue weighted by Crippen LogP contribution is 2.30. The van der Waals surface area contributed by atoms with Gasteiger partial charge in [0.25, 0.3) is 0 Å². The summed E-state index contributed by atoms with van der Waals surface area (Å²) in [7, 11) is 2.04. The van der Waals surface area contributed by atoms with E-state index in [4.69, 9.17) is 0 Å². The van der Waals surface area contributed by atoms with Gasteiger partial charge in [0, 0.05) is 31.6 Å². The molecule has 7 heteroatoms. The predicted octanol–water partition coefficient (Wildman–Crippen LogP) is 1.91. The Labute approximate surface area is 102 Å². The molecule has 0 aliphatic carbocycles. The highest BCUT2D eigenvalue weighted by molar-refractivity contribution is 7.09. The van der Waals surface area contributed by atoms with Crippen LogP contribution in [0.1, 0.15) is 10.7 Å². The summed E-state index contributed by atoms with van der Waals surface area (Å²) in [6.07, 6.45) is -4.32. The zero-order chi connectivity index (χ0) is 12.5. The molecule has 1 saturated heterocycles. The number of piperazine rings is 1. The molecule has 1 aliphatic heterocycles. The SMILES string of the molecule is CN1CCN(Cc2nc(C(F)(F)F)cs2)CC1. The Bertz CT molecular complexity index is 369. The first kappa shape index (κ1) is 12.8. The van der Waals surface area contributed by atoms with Crippen LogP contribution in [0.4, 0.5) is 13.2 Å². The molecule has 0 aromatic carbocycles. The maximum atomic E-state index is 12.4. The monoisotopic (exact) mass is 265 g/mol. The maximum absolute atomic E-state index is 12.4. The van der Waals surface area contributed by atoms with Gasteiger partial charge in [-0.05, 0) is 7.05 Å². The number of nitrogens with zero attached hydrogens (tertiary/aromatic N) is 3. The molecule has 1 aromatic heterocycles. The summed E-state index contributed by atoms with van der Waals surface area (Å²) in [6, 6.07) is 0. The Morgan fingerprint density at radius 2 is 1.94 bits per heavy atom. The molecule has 0 spiro atoms. The highest BCUT2D eigenvalue weighted by atomic mass is 32.1. The van der Waals surface area contributed by atoms with Crippen LogP contribution in [0.25, 0.3) is 0 Å². The Balaban J connectivity index is 1.93. The first-order valence-corrected chi connectivity index (χ1v) is 6.25. The number of alkyl halides is 3. The van der Waals surface area contributed by atoms with Crippen molar-refractivity contribution in [1.82, 2.24) is 14.8 Å². The van der Waals surface area contributed by atoms with Crippen LogP contribution in [-0.2, 0) is 12.7 Å². The van der Waals surface area contributed by atoms with Gasteiger partial charge in [-0.25, -0.2) is 4.98 Å². The molecule has 0 saturated carbocycles. The molecular formula is C10H14F3N3S. The van der Waals surface area contributed by atoms with Gasteiger partial charge in [-0.15, -0.1) is 11.3 Å². The average Bonchev–Trinajstić information content (AvgIpc) is 2.69. The molecule has 0 amide bonds. The zero-order valence-electron chi connectivity index (χ0n) is 9.50. The standard InChI is InChI=1S/C10H14F3N3S/c1-15-2-4-16(5-3-15)6-9-14-8(7-17-9)10(11,12)13/h7H,2-6H2,1H3. The molecule has 0 unspecified atom stereocenters. The first-order valence-electron chi connectivity index (χ1n) is 5.37. The quantitative estimate of drug-likeness (QED) is 0.814. The number of aromatic nitrogens is 1. The van der Waals surface area contributed by atoms with Gasteiger partial charge >= 0.3 is 6.18 Å². The van der Waals surface area contributed by atoms with E-state index in [1.54, 1.807) is 0 Å². The topological polar surface area (TPSA) is 19.4 Å². The molecule has 0 radical (unpaired) electrons. The molecule has 3 nitrogen and oxygen atoms in total. The number of thiazole rings is 1. The lowest BCUT2D eigenvalue weighted by molar-refractivity contribution is -0.140. The second-order valence-corrected chi connectivity index (χ2v) is 5.15.